The molecule has 2 N–H and O–H groups in total. The zero-order chi connectivity index (χ0) is 11.3. The van der Waals surface area contributed by atoms with Crippen LogP contribution in [0.4, 0.5) is 0 Å². The Morgan fingerprint density at radius 2 is 2.13 bits per heavy atom. The van der Waals surface area contributed by atoms with Gasteiger partial charge in [-0.15, -0.1) is 12.3 Å². The first-order valence-corrected chi connectivity index (χ1v) is 4.64. The van der Waals surface area contributed by atoms with Gasteiger partial charge in [0.2, 0.25) is 0 Å². The highest BCUT2D eigenvalue weighted by atomic mass is 16.5. The number of hydrogen-bond donors (Lipinski definition) is 1. The molecular formula is C12H15NO2. The lowest BCUT2D eigenvalue weighted by atomic mass is 10.0. The highest BCUT2D eigenvalue weighted by molar-refractivity contribution is 5.42. The van der Waals surface area contributed by atoms with Crippen LogP contribution in [0, 0.1) is 12.3 Å². The number of methoxy groups -OCH3 is 2. The summed E-state index contributed by atoms with van der Waals surface area (Å²) in [4.78, 5) is 0. The van der Waals surface area contributed by atoms with E-state index in [1.165, 1.54) is 0 Å². The Hall–Kier alpha value is -1.66. The minimum absolute atomic E-state index is 0.198. The highest BCUT2D eigenvalue weighted by Crippen LogP contribution is 2.29. The first-order chi connectivity index (χ1) is 7.22. The van der Waals surface area contributed by atoms with Crippen LogP contribution >= 0.6 is 0 Å². The molecule has 0 aliphatic heterocycles. The van der Waals surface area contributed by atoms with Crippen LogP contribution in [0.2, 0.25) is 0 Å². The normalized spacial score (nSPS) is 11.6. The summed E-state index contributed by atoms with van der Waals surface area (Å²) in [6.45, 7) is 0. The number of nitrogens with two attached hydrogens (primary N) is 1. The SMILES string of the molecule is C#CCC(N)c1ccc(OC)cc1OC. The summed E-state index contributed by atoms with van der Waals surface area (Å²) in [6.07, 6.45) is 5.71. The molecule has 0 saturated heterocycles. The Balaban J connectivity index is 3.02. The van der Waals surface area contributed by atoms with Crippen LogP contribution in [0.25, 0.3) is 0 Å². The predicted molar refractivity (Wildman–Crippen MR) is 59.9 cm³/mol. The summed E-state index contributed by atoms with van der Waals surface area (Å²) in [7, 11) is 3.21. The second-order valence-corrected chi connectivity index (χ2v) is 3.12. The van der Waals surface area contributed by atoms with Gasteiger partial charge in [0.15, 0.2) is 0 Å². The van der Waals surface area contributed by atoms with E-state index in [0.717, 1.165) is 11.3 Å². The monoisotopic (exact) mass is 205 g/mol. The highest BCUT2D eigenvalue weighted by Gasteiger charge is 2.11. The van der Waals surface area contributed by atoms with Crippen LogP contribution in [0.3, 0.4) is 0 Å². The molecule has 3 heteroatoms. The lowest BCUT2D eigenvalue weighted by Gasteiger charge is -2.14. The van der Waals surface area contributed by atoms with E-state index in [4.69, 9.17) is 21.6 Å². The molecule has 0 aromatic heterocycles. The summed E-state index contributed by atoms with van der Waals surface area (Å²) < 4.78 is 10.3. The van der Waals surface area contributed by atoms with Crippen LogP contribution < -0.4 is 15.2 Å². The zero-order valence-electron chi connectivity index (χ0n) is 8.99. The molecule has 1 rings (SSSR count). The van der Waals surface area contributed by atoms with Gasteiger partial charge in [-0.25, -0.2) is 0 Å². The molecule has 0 spiro atoms. The van der Waals surface area contributed by atoms with Crippen LogP contribution in [-0.4, -0.2) is 14.2 Å². The second kappa shape index (κ2) is 5.28. The molecular weight excluding hydrogens is 190 g/mol. The first-order valence-electron chi connectivity index (χ1n) is 4.64. The van der Waals surface area contributed by atoms with Crippen LogP contribution in [-0.2, 0) is 0 Å². The third-order valence-electron chi connectivity index (χ3n) is 2.18. The minimum Gasteiger partial charge on any atom is -0.497 e. The predicted octanol–water partition coefficient (Wildman–Crippen LogP) is 1.73. The van der Waals surface area contributed by atoms with Crippen molar-refractivity contribution < 1.29 is 9.47 Å². The van der Waals surface area contributed by atoms with Gasteiger partial charge in [0.25, 0.3) is 0 Å². The second-order valence-electron chi connectivity index (χ2n) is 3.12. The molecule has 0 fully saturated rings. The Morgan fingerprint density at radius 3 is 2.67 bits per heavy atom. The lowest BCUT2D eigenvalue weighted by Crippen LogP contribution is -2.10. The molecule has 0 aliphatic carbocycles. The van der Waals surface area contributed by atoms with E-state index in [-0.39, 0.29) is 6.04 Å². The van der Waals surface area contributed by atoms with Gasteiger partial charge >= 0.3 is 0 Å². The maximum absolute atomic E-state index is 5.91. The van der Waals surface area contributed by atoms with Gasteiger partial charge in [-0.1, -0.05) is 6.07 Å². The van der Waals surface area contributed by atoms with E-state index < -0.39 is 0 Å². The Bertz CT molecular complexity index is 368. The molecule has 80 valence electrons. The minimum atomic E-state index is -0.198. The molecule has 1 aromatic rings. The molecule has 1 atom stereocenters. The van der Waals surface area contributed by atoms with Crippen molar-refractivity contribution in [3.8, 4) is 23.8 Å². The average molecular weight is 205 g/mol. The molecule has 0 aliphatic rings. The number of benzene rings is 1. The number of terminal acetylenes is 1. The van der Waals surface area contributed by atoms with Crippen LogP contribution in [0.5, 0.6) is 11.5 Å². The molecule has 0 radical (unpaired) electrons. The van der Waals surface area contributed by atoms with Gasteiger partial charge in [-0.2, -0.15) is 0 Å². The maximum Gasteiger partial charge on any atom is 0.127 e. The number of rotatable bonds is 4. The summed E-state index contributed by atoms with van der Waals surface area (Å²) in [6, 6.07) is 5.32. The molecule has 0 amide bonds. The summed E-state index contributed by atoms with van der Waals surface area (Å²) in [5.74, 6) is 3.98. The third kappa shape index (κ3) is 2.64. The van der Waals surface area contributed by atoms with Crippen molar-refractivity contribution in [2.24, 2.45) is 5.73 Å². The van der Waals surface area contributed by atoms with Gasteiger partial charge in [0.1, 0.15) is 11.5 Å². The van der Waals surface area contributed by atoms with Crippen molar-refractivity contribution in [1.29, 1.82) is 0 Å². The van der Waals surface area contributed by atoms with E-state index in [1.54, 1.807) is 20.3 Å². The van der Waals surface area contributed by atoms with Crippen molar-refractivity contribution in [3.63, 3.8) is 0 Å². The van der Waals surface area contributed by atoms with Crippen molar-refractivity contribution >= 4 is 0 Å². The standard InChI is InChI=1S/C12H15NO2/c1-4-5-11(13)10-7-6-9(14-2)8-12(10)15-3/h1,6-8,11H,5,13H2,2-3H3. The largest absolute Gasteiger partial charge is 0.497 e. The van der Waals surface area contributed by atoms with Crippen molar-refractivity contribution in [1.82, 2.24) is 0 Å². The average Bonchev–Trinajstić information content (AvgIpc) is 2.28. The van der Waals surface area contributed by atoms with Crippen LogP contribution in [0.1, 0.15) is 18.0 Å². The molecule has 0 saturated carbocycles. The van der Waals surface area contributed by atoms with Gasteiger partial charge in [0.05, 0.1) is 14.2 Å². The topological polar surface area (TPSA) is 44.5 Å². The Labute approximate surface area is 90.2 Å². The first kappa shape index (κ1) is 11.4. The van der Waals surface area contributed by atoms with E-state index in [9.17, 15) is 0 Å². The van der Waals surface area contributed by atoms with E-state index in [0.29, 0.717) is 12.2 Å². The summed E-state index contributed by atoms with van der Waals surface area (Å²) >= 11 is 0. The smallest absolute Gasteiger partial charge is 0.127 e. The van der Waals surface area contributed by atoms with Crippen molar-refractivity contribution in [2.75, 3.05) is 14.2 Å². The molecule has 3 nitrogen and oxygen atoms in total. The lowest BCUT2D eigenvalue weighted by molar-refractivity contribution is 0.388. The van der Waals surface area contributed by atoms with E-state index >= 15 is 0 Å². The Morgan fingerprint density at radius 1 is 1.40 bits per heavy atom. The van der Waals surface area contributed by atoms with Gasteiger partial charge < -0.3 is 15.2 Å². The Kier molecular flexibility index (Phi) is 4.02. The zero-order valence-corrected chi connectivity index (χ0v) is 8.99. The van der Waals surface area contributed by atoms with Gasteiger partial charge in [0, 0.05) is 24.1 Å². The summed E-state index contributed by atoms with van der Waals surface area (Å²) in [5, 5.41) is 0. The fourth-order valence-electron chi connectivity index (χ4n) is 1.36. The van der Waals surface area contributed by atoms with E-state index in [2.05, 4.69) is 5.92 Å². The number of hydrogen-bond acceptors (Lipinski definition) is 3. The fraction of sp³-hybridized carbons (Fsp3) is 0.333. The van der Waals surface area contributed by atoms with Gasteiger partial charge in [-0.3, -0.25) is 0 Å². The fourth-order valence-corrected chi connectivity index (χ4v) is 1.36. The van der Waals surface area contributed by atoms with Crippen molar-refractivity contribution in [3.05, 3.63) is 23.8 Å². The maximum atomic E-state index is 5.91. The molecule has 0 bridgehead atoms. The molecule has 1 unspecified atom stereocenters. The molecule has 15 heavy (non-hydrogen) atoms. The van der Waals surface area contributed by atoms with Gasteiger partial charge in [-0.05, 0) is 6.07 Å². The van der Waals surface area contributed by atoms with E-state index in [1.807, 2.05) is 12.1 Å². The number of ether oxygens (including phenoxy) is 2. The van der Waals surface area contributed by atoms with Crippen LogP contribution in [0.15, 0.2) is 18.2 Å². The quantitative estimate of drug-likeness (QED) is 0.761. The molecule has 1 aromatic carbocycles. The third-order valence-corrected chi connectivity index (χ3v) is 2.18. The van der Waals surface area contributed by atoms with Crippen molar-refractivity contribution in [2.45, 2.75) is 12.5 Å². The summed E-state index contributed by atoms with van der Waals surface area (Å²) in [5.41, 5.74) is 6.81. The molecule has 0 heterocycles.